The van der Waals surface area contributed by atoms with E-state index in [9.17, 15) is 13.2 Å². The van der Waals surface area contributed by atoms with Gasteiger partial charge in [0, 0.05) is 6.08 Å². The number of aryl methyl sites for hydroxylation is 1. The fourth-order valence-corrected chi connectivity index (χ4v) is 3.41. The molecule has 0 aliphatic rings. The Hall–Kier alpha value is -2.88. The first kappa shape index (κ1) is 18.5. The summed E-state index contributed by atoms with van der Waals surface area (Å²) < 4.78 is 26.4. The third kappa shape index (κ3) is 4.80. The summed E-state index contributed by atoms with van der Waals surface area (Å²) in [5.74, 6) is -0.629. The molecule has 2 aromatic rings. The minimum absolute atomic E-state index is 0.0667. The fraction of sp³-hybridized carbons (Fsp3) is 0.100. The molecule has 0 N–H and O–H groups in total. The van der Waals surface area contributed by atoms with Crippen molar-refractivity contribution < 1.29 is 13.2 Å². The molecule has 0 bridgehead atoms. The lowest BCUT2D eigenvalue weighted by molar-refractivity contribution is -0.121. The number of benzene rings is 2. The minimum atomic E-state index is -3.96. The Bertz CT molecular complexity index is 907. The molecule has 5 heteroatoms. The van der Waals surface area contributed by atoms with E-state index in [0.717, 1.165) is 15.4 Å². The quantitative estimate of drug-likeness (QED) is 0.589. The Morgan fingerprint density at radius 2 is 1.76 bits per heavy atom. The summed E-state index contributed by atoms with van der Waals surface area (Å²) in [5, 5.41) is 0. The van der Waals surface area contributed by atoms with E-state index < -0.39 is 15.9 Å². The number of carbonyl (C=O) groups is 1. The van der Waals surface area contributed by atoms with Gasteiger partial charge in [0.15, 0.2) is 0 Å². The van der Waals surface area contributed by atoms with Crippen LogP contribution in [0.5, 0.6) is 0 Å². The van der Waals surface area contributed by atoms with Crippen LogP contribution in [0.4, 0.5) is 0 Å². The molecule has 0 saturated heterocycles. The van der Waals surface area contributed by atoms with E-state index in [1.807, 2.05) is 37.3 Å². The van der Waals surface area contributed by atoms with Crippen molar-refractivity contribution in [1.29, 1.82) is 0 Å². The third-order valence-corrected chi connectivity index (χ3v) is 5.25. The number of rotatable bonds is 6. The monoisotopic (exact) mass is 353 g/mol. The predicted molar refractivity (Wildman–Crippen MR) is 99.3 cm³/mol. The van der Waals surface area contributed by atoms with E-state index >= 15 is 0 Å². The highest BCUT2D eigenvalue weighted by molar-refractivity contribution is 7.89. The number of nitrogens with zero attached hydrogens (tertiary/aromatic N) is 1. The van der Waals surface area contributed by atoms with Crippen LogP contribution in [0.25, 0.3) is 6.08 Å². The van der Waals surface area contributed by atoms with Crippen molar-refractivity contribution in [2.75, 3.05) is 6.54 Å². The number of carbonyl (C=O) groups excluding carboxylic acids is 1. The summed E-state index contributed by atoms with van der Waals surface area (Å²) in [5.41, 5.74) is 4.25. The molecule has 25 heavy (non-hydrogen) atoms. The van der Waals surface area contributed by atoms with Crippen LogP contribution >= 0.6 is 0 Å². The predicted octanol–water partition coefficient (Wildman–Crippen LogP) is 3.57. The van der Waals surface area contributed by atoms with Crippen LogP contribution in [-0.4, -0.2) is 25.2 Å². The highest BCUT2D eigenvalue weighted by Crippen LogP contribution is 2.17. The molecule has 4 nitrogen and oxygen atoms in total. The van der Waals surface area contributed by atoms with Gasteiger partial charge in [-0.25, -0.2) is 12.7 Å². The Morgan fingerprint density at radius 3 is 2.36 bits per heavy atom. The molecule has 0 aliphatic carbocycles. The maximum atomic E-state index is 12.8. The van der Waals surface area contributed by atoms with Crippen molar-refractivity contribution in [2.45, 2.75) is 11.8 Å². The van der Waals surface area contributed by atoms with Crippen LogP contribution in [-0.2, 0) is 14.8 Å². The molecule has 0 aliphatic heterocycles. The standard InChI is InChI=1S/C20H19NO3S/c1-3-4-16-21(20(22)15-12-18-8-6-5-7-9-18)25(23,24)19-13-10-17(2)11-14-19/h4-15H,1,16H2,2H3/b15-12+. The highest BCUT2D eigenvalue weighted by Gasteiger charge is 2.26. The SMILES string of the molecule is C=C=CCN(C(=O)/C=C/c1ccccc1)S(=O)(=O)c1ccc(C)cc1. The average molecular weight is 353 g/mol. The lowest BCUT2D eigenvalue weighted by atomic mass is 10.2. The van der Waals surface area contributed by atoms with Crippen molar-refractivity contribution >= 4 is 22.0 Å². The summed E-state index contributed by atoms with van der Waals surface area (Å²) in [6.07, 6.45) is 4.23. The van der Waals surface area contributed by atoms with Crippen molar-refractivity contribution in [2.24, 2.45) is 0 Å². The maximum Gasteiger partial charge on any atom is 0.267 e. The number of amides is 1. The largest absolute Gasteiger partial charge is 0.269 e. The molecule has 0 heterocycles. The topological polar surface area (TPSA) is 54.5 Å². The summed E-state index contributed by atoms with van der Waals surface area (Å²) in [6, 6.07) is 15.6. The van der Waals surface area contributed by atoms with Crippen molar-refractivity contribution in [3.63, 3.8) is 0 Å². The van der Waals surface area contributed by atoms with Gasteiger partial charge in [-0.2, -0.15) is 0 Å². The van der Waals surface area contributed by atoms with Gasteiger partial charge in [0.05, 0.1) is 11.4 Å². The van der Waals surface area contributed by atoms with Gasteiger partial charge < -0.3 is 0 Å². The average Bonchev–Trinajstić information content (AvgIpc) is 2.61. The molecule has 0 unspecified atom stereocenters. The van der Waals surface area contributed by atoms with Gasteiger partial charge in [-0.05, 0) is 36.8 Å². The molecule has 0 saturated carbocycles. The minimum Gasteiger partial charge on any atom is -0.269 e. The fourth-order valence-electron chi connectivity index (χ4n) is 2.11. The van der Waals surface area contributed by atoms with Gasteiger partial charge in [0.2, 0.25) is 0 Å². The Kier molecular flexibility index (Phi) is 6.12. The lowest BCUT2D eigenvalue weighted by Gasteiger charge is -2.19. The zero-order valence-corrected chi connectivity index (χ0v) is 14.7. The van der Waals surface area contributed by atoms with E-state index in [4.69, 9.17) is 0 Å². The van der Waals surface area contributed by atoms with E-state index in [0.29, 0.717) is 0 Å². The molecule has 0 atom stereocenters. The molecule has 0 radical (unpaired) electrons. The third-order valence-electron chi connectivity index (χ3n) is 3.47. The molecule has 1 amide bonds. The second-order valence-electron chi connectivity index (χ2n) is 5.34. The summed E-state index contributed by atoms with van der Waals surface area (Å²) >= 11 is 0. The van der Waals surface area contributed by atoms with Crippen molar-refractivity contribution in [3.8, 4) is 0 Å². The first-order chi connectivity index (χ1) is 11.9. The van der Waals surface area contributed by atoms with Crippen LogP contribution in [0.1, 0.15) is 11.1 Å². The number of hydrogen-bond acceptors (Lipinski definition) is 3. The van der Waals surface area contributed by atoms with Gasteiger partial charge >= 0.3 is 0 Å². The molecule has 128 valence electrons. The first-order valence-corrected chi connectivity index (χ1v) is 9.10. The normalized spacial score (nSPS) is 11.1. The van der Waals surface area contributed by atoms with E-state index in [-0.39, 0.29) is 11.4 Å². The summed E-state index contributed by atoms with van der Waals surface area (Å²) in [7, 11) is -3.96. The Balaban J connectivity index is 2.34. The second-order valence-corrected chi connectivity index (χ2v) is 7.20. The molecule has 2 aromatic carbocycles. The summed E-state index contributed by atoms with van der Waals surface area (Å²) in [4.78, 5) is 12.6. The zero-order chi connectivity index (χ0) is 18.3. The molecule has 0 fully saturated rings. The van der Waals surface area contributed by atoms with E-state index in [1.54, 1.807) is 18.2 Å². The number of sulfonamides is 1. The van der Waals surface area contributed by atoms with Crippen LogP contribution in [0, 0.1) is 6.92 Å². The van der Waals surface area contributed by atoms with E-state index in [2.05, 4.69) is 12.3 Å². The van der Waals surface area contributed by atoms with Crippen molar-refractivity contribution in [1.82, 2.24) is 4.31 Å². The lowest BCUT2D eigenvalue weighted by Crippen LogP contribution is -2.35. The molecule has 0 spiro atoms. The molecule has 0 aromatic heterocycles. The van der Waals surface area contributed by atoms with Crippen LogP contribution in [0.3, 0.4) is 0 Å². The van der Waals surface area contributed by atoms with Crippen LogP contribution in [0.2, 0.25) is 0 Å². The Labute approximate surface area is 148 Å². The van der Waals surface area contributed by atoms with Gasteiger partial charge in [0.25, 0.3) is 15.9 Å². The van der Waals surface area contributed by atoms with Crippen molar-refractivity contribution in [3.05, 3.63) is 90.2 Å². The maximum absolute atomic E-state index is 12.8. The Morgan fingerprint density at radius 1 is 1.12 bits per heavy atom. The van der Waals surface area contributed by atoms with Crippen LogP contribution in [0.15, 0.2) is 84.0 Å². The van der Waals surface area contributed by atoms with Gasteiger partial charge in [0.1, 0.15) is 0 Å². The molecular weight excluding hydrogens is 334 g/mol. The van der Waals surface area contributed by atoms with Gasteiger partial charge in [-0.1, -0.05) is 54.6 Å². The second kappa shape index (κ2) is 8.29. The first-order valence-electron chi connectivity index (χ1n) is 7.66. The molecule has 2 rings (SSSR count). The van der Waals surface area contributed by atoms with Crippen LogP contribution < -0.4 is 0 Å². The van der Waals surface area contributed by atoms with Gasteiger partial charge in [-0.3, -0.25) is 4.79 Å². The zero-order valence-electron chi connectivity index (χ0n) is 13.9. The number of hydrogen-bond donors (Lipinski definition) is 0. The summed E-state index contributed by atoms with van der Waals surface area (Å²) in [6.45, 7) is 5.16. The smallest absolute Gasteiger partial charge is 0.267 e. The molecular formula is C20H19NO3S. The van der Waals surface area contributed by atoms with E-state index in [1.165, 1.54) is 24.3 Å². The van der Waals surface area contributed by atoms with Gasteiger partial charge in [-0.15, -0.1) is 5.73 Å². The highest BCUT2D eigenvalue weighted by atomic mass is 32.2.